The summed E-state index contributed by atoms with van der Waals surface area (Å²) in [6, 6.07) is 177. The van der Waals surface area contributed by atoms with Gasteiger partial charge in [-0.2, -0.15) is 0 Å². The molecule has 0 aromatic heterocycles. The Hall–Kier alpha value is -8.34. The van der Waals surface area contributed by atoms with Crippen molar-refractivity contribution >= 4 is 175 Å². The van der Waals surface area contributed by atoms with Gasteiger partial charge in [-0.25, -0.2) is 0 Å². The normalized spacial score (nSPS) is 10.9. The second kappa shape index (κ2) is 48.9. The maximum atomic E-state index is 2.30. The van der Waals surface area contributed by atoms with Crippen molar-refractivity contribution in [2.75, 3.05) is 49.3 Å². The molecule has 0 atom stereocenters. The predicted octanol–water partition coefficient (Wildman–Crippen LogP) is 21.0. The molecular weight excluding hydrogens is 1560 g/mol. The van der Waals surface area contributed by atoms with E-state index in [1.54, 1.807) is 0 Å². The minimum absolute atomic E-state index is 0. The van der Waals surface area contributed by atoms with Gasteiger partial charge in [0.1, 0.15) is 0 Å². The van der Waals surface area contributed by atoms with Gasteiger partial charge in [-0.15, -0.1) is 0 Å². The van der Waals surface area contributed by atoms with Crippen LogP contribution in [0.1, 0.15) is 0 Å². The van der Waals surface area contributed by atoms with E-state index >= 15 is 0 Å². The largest absolute Gasteiger partial charge is 2.00 e. The van der Waals surface area contributed by atoms with Gasteiger partial charge in [-0.05, 0) is 198 Å². The van der Waals surface area contributed by atoms with Gasteiger partial charge in [0.2, 0.25) is 0 Å². The average molecular weight is 1660 g/mol. The third kappa shape index (κ3) is 26.3. The lowest BCUT2D eigenvalue weighted by atomic mass is 10.4. The van der Waals surface area contributed by atoms with E-state index in [4.69, 9.17) is 0 Å². The average Bonchev–Trinajstić information content (AvgIpc) is 0.841. The summed E-state index contributed by atoms with van der Waals surface area (Å²) in [5, 5.41) is 23.6. The maximum absolute atomic E-state index is 2.30. The van der Waals surface area contributed by atoms with Crippen molar-refractivity contribution in [3.8, 4) is 0 Å². The van der Waals surface area contributed by atoms with Crippen molar-refractivity contribution in [3.63, 3.8) is 0 Å². The summed E-state index contributed by atoms with van der Waals surface area (Å²) in [6.07, 6.45) is 9.66. The molecule has 10 heteroatoms. The topological polar surface area (TPSA) is 0 Å². The van der Waals surface area contributed by atoms with Crippen molar-refractivity contribution < 1.29 is 0 Å². The summed E-state index contributed by atoms with van der Waals surface area (Å²) in [6.45, 7) is 0. The Balaban J connectivity index is 0.000000149. The van der Waals surface area contributed by atoms with Gasteiger partial charge in [0.25, 0.3) is 0 Å². The van der Waals surface area contributed by atoms with E-state index in [9.17, 15) is 0 Å². The van der Waals surface area contributed by atoms with Crippen LogP contribution in [-0.4, -0.2) is 49.3 Å². The summed E-state index contributed by atoms with van der Waals surface area (Å²) in [5.41, 5.74) is 0. The molecule has 0 aliphatic carbocycles. The molecule has 0 unspecified atom stereocenters. The molecule has 16 aromatic carbocycles. The Morgan fingerprint density at radius 3 is 0.193 bits per heavy atom. The van der Waals surface area contributed by atoms with Gasteiger partial charge in [0, 0.05) is 0 Å². The summed E-state index contributed by atoms with van der Waals surface area (Å²) >= 11 is 0. The fourth-order valence-electron chi connectivity index (χ4n) is 13.8. The smallest absolute Gasteiger partial charge is 0.0195 e. The van der Waals surface area contributed by atoms with E-state index < -0.39 is 0 Å². The Labute approximate surface area is 704 Å². The van der Waals surface area contributed by atoms with E-state index in [-0.39, 0.29) is 90.4 Å². The lowest BCUT2D eigenvalue weighted by molar-refractivity contribution is 1.51. The van der Waals surface area contributed by atoms with Crippen molar-refractivity contribution in [2.45, 2.75) is 0 Å². The Kier molecular flexibility index (Phi) is 37.1. The van der Waals surface area contributed by atoms with E-state index in [2.05, 4.69) is 485 Å². The van der Waals surface area contributed by atoms with Crippen LogP contribution in [0.2, 0.25) is 0 Å². The molecule has 0 N–H and O–H groups in total. The molecule has 16 rings (SSSR count). The van der Waals surface area contributed by atoms with Gasteiger partial charge >= 0.3 is 0 Å². The Morgan fingerprint density at radius 2 is 0.140 bits per heavy atom. The molecule has 0 fully saturated rings. The fraction of sp³-hybridized carbons (Fsp3) is 0.0769. The van der Waals surface area contributed by atoms with Gasteiger partial charge in [-0.1, -0.05) is 485 Å². The maximum Gasteiger partial charge on any atom is -0.0195 e. The minimum atomic E-state index is -0.348. The van der Waals surface area contributed by atoms with Crippen LogP contribution < -0.4 is 84.9 Å². The second-order valence-corrected chi connectivity index (χ2v) is 45.3. The quantitative estimate of drug-likeness (QED) is 0.0429. The fourth-order valence-corrected chi connectivity index (χ4v) is 35.2. The molecule has 0 nitrogen and oxygen atoms in total. The second-order valence-electron chi connectivity index (χ2n) is 26.6. The van der Waals surface area contributed by atoms with Crippen LogP contribution in [0.4, 0.5) is 0 Å². The zero-order valence-electron chi connectivity index (χ0n) is 64.2. The lowest BCUT2D eigenvalue weighted by Crippen LogP contribution is -2.19. The standard InChI is InChI=1S/4C26H24P2.2S/c4*1-5-13-23(14-6-1)27(24-15-7-2-8-16-24)21-22-28(25-17-9-3-10-18-25)26-19-11-4-12-20-26;;/h4*1-20H,21-22H2;;/q;;;;2*-2. The zero-order valence-corrected chi connectivity index (χ0v) is 73.0. The van der Waals surface area contributed by atoms with Crippen molar-refractivity contribution in [1.82, 2.24) is 0 Å². The molecule has 0 bridgehead atoms. The van der Waals surface area contributed by atoms with Crippen LogP contribution in [0, 0.1) is 0 Å². The highest BCUT2D eigenvalue weighted by atomic mass is 32.1. The molecule has 0 spiro atoms. The minimum Gasteiger partial charge on any atom is -2.00 e. The highest BCUT2D eigenvalue weighted by Crippen LogP contribution is 2.45. The molecule has 0 saturated heterocycles. The highest BCUT2D eigenvalue weighted by Gasteiger charge is 2.24. The zero-order chi connectivity index (χ0) is 76.1. The van der Waals surface area contributed by atoms with Crippen LogP contribution in [0.3, 0.4) is 0 Å². The van der Waals surface area contributed by atoms with Crippen molar-refractivity contribution in [3.05, 3.63) is 485 Å². The molecule has 0 heterocycles. The first-order valence-electron chi connectivity index (χ1n) is 38.7. The number of hydrogen-bond acceptors (Lipinski definition) is 0. The Bertz CT molecular complexity index is 3850. The summed E-state index contributed by atoms with van der Waals surface area (Å²) in [5.74, 6) is 0. The van der Waals surface area contributed by atoms with E-state index in [0.29, 0.717) is 0 Å². The van der Waals surface area contributed by atoms with Gasteiger partial charge in [-0.3, -0.25) is 0 Å². The molecule has 568 valence electrons. The number of hydrogen-bond donors (Lipinski definition) is 0. The van der Waals surface area contributed by atoms with Crippen LogP contribution in [0.15, 0.2) is 485 Å². The van der Waals surface area contributed by atoms with Crippen molar-refractivity contribution in [1.29, 1.82) is 0 Å². The first-order valence-corrected chi connectivity index (χ1v) is 50.9. The highest BCUT2D eigenvalue weighted by molar-refractivity contribution is 7.78. The van der Waals surface area contributed by atoms with E-state index in [1.165, 1.54) is 134 Å². The van der Waals surface area contributed by atoms with Crippen LogP contribution in [0.5, 0.6) is 0 Å². The molecule has 0 amide bonds. The SMILES string of the molecule is [S-2].[S-2].c1ccc(P(CCP(c2ccccc2)c2ccccc2)c2ccccc2)cc1.c1ccc(P(CCP(c2ccccc2)c2ccccc2)c2ccccc2)cc1.c1ccc(P(CCP(c2ccccc2)c2ccccc2)c2ccccc2)cc1.c1ccc(P(CCP(c2ccccc2)c2ccccc2)c2ccccc2)cc1. The summed E-state index contributed by atoms with van der Waals surface area (Å²) < 4.78 is 0. The lowest BCUT2D eigenvalue weighted by Gasteiger charge is -2.24. The summed E-state index contributed by atoms with van der Waals surface area (Å²) in [4.78, 5) is 0. The molecule has 0 saturated carbocycles. The van der Waals surface area contributed by atoms with Gasteiger partial charge in [0.15, 0.2) is 0 Å². The van der Waals surface area contributed by atoms with Gasteiger partial charge in [0.05, 0.1) is 0 Å². The van der Waals surface area contributed by atoms with E-state index in [1.807, 2.05) is 0 Å². The van der Waals surface area contributed by atoms with Crippen LogP contribution in [0.25, 0.3) is 0 Å². The molecule has 0 aliphatic rings. The van der Waals surface area contributed by atoms with Crippen LogP contribution in [-0.2, 0) is 27.0 Å². The van der Waals surface area contributed by atoms with Crippen LogP contribution >= 0.6 is 63.4 Å². The first-order chi connectivity index (χ1) is 55.7. The van der Waals surface area contributed by atoms with Gasteiger partial charge < -0.3 is 27.0 Å². The Morgan fingerprint density at radius 1 is 0.0877 bits per heavy atom. The summed E-state index contributed by atoms with van der Waals surface area (Å²) in [7, 11) is -2.78. The monoisotopic (exact) mass is 1660 g/mol. The first kappa shape index (κ1) is 86.5. The molecule has 0 radical (unpaired) electrons. The molecule has 16 aromatic rings. The molecule has 0 aliphatic heterocycles. The number of rotatable bonds is 28. The van der Waals surface area contributed by atoms with Crippen molar-refractivity contribution in [2.24, 2.45) is 0 Å². The third-order valence-electron chi connectivity index (χ3n) is 19.3. The molecule has 114 heavy (non-hydrogen) atoms. The van der Waals surface area contributed by atoms with E-state index in [0.717, 1.165) is 0 Å². The predicted molar refractivity (Wildman–Crippen MR) is 526 cm³/mol. The molecular formula is C104H96P8S2-4. The number of benzene rings is 16. The third-order valence-corrected chi connectivity index (χ3v) is 40.8.